The fourth-order valence-electron chi connectivity index (χ4n) is 3.60. The maximum atomic E-state index is 15.0. The molecule has 0 aliphatic carbocycles. The molecule has 0 aromatic heterocycles. The maximum absolute atomic E-state index is 15.0. The number of nitrogens with zero attached hydrogens (tertiary/aromatic N) is 4. The van der Waals surface area contributed by atoms with Crippen LogP contribution in [-0.2, 0) is 19.4 Å². The van der Waals surface area contributed by atoms with Crippen molar-refractivity contribution in [3.63, 3.8) is 0 Å². The summed E-state index contributed by atoms with van der Waals surface area (Å²) in [7, 11) is 0. The van der Waals surface area contributed by atoms with E-state index in [4.69, 9.17) is 0 Å². The van der Waals surface area contributed by atoms with Gasteiger partial charge in [0.2, 0.25) is 0 Å². The summed E-state index contributed by atoms with van der Waals surface area (Å²) >= 11 is 0. The Hall–Kier alpha value is -2.56. The van der Waals surface area contributed by atoms with Crippen LogP contribution in [0.1, 0.15) is 70.6 Å². The Kier molecular flexibility index (Phi) is 13.0. The van der Waals surface area contributed by atoms with Gasteiger partial charge in [-0.05, 0) is 61.4 Å². The van der Waals surface area contributed by atoms with Gasteiger partial charge in [-0.3, -0.25) is 4.99 Å². The molecule has 0 amide bonds. The molecule has 0 fully saturated rings. The molecule has 0 bridgehead atoms. The Morgan fingerprint density at radius 2 is 1.77 bits per heavy atom. The molecule has 1 aromatic carbocycles. The van der Waals surface area contributed by atoms with Gasteiger partial charge in [-0.15, -0.1) is 5.10 Å². The van der Waals surface area contributed by atoms with Gasteiger partial charge in [-0.25, -0.2) is 4.39 Å². The first-order valence-corrected chi connectivity index (χ1v) is 11.4. The molecule has 0 saturated carbocycles. The molecule has 0 heterocycles. The summed E-state index contributed by atoms with van der Waals surface area (Å²) < 4.78 is 15.0. The lowest BCUT2D eigenvalue weighted by Gasteiger charge is -2.24. The molecule has 4 nitrogen and oxygen atoms in total. The van der Waals surface area contributed by atoms with Gasteiger partial charge < -0.3 is 4.90 Å². The highest BCUT2D eigenvalue weighted by molar-refractivity contribution is 5.84. The lowest BCUT2D eigenvalue weighted by atomic mass is 9.93. The van der Waals surface area contributed by atoms with Crippen molar-refractivity contribution in [2.45, 2.75) is 73.3 Å². The number of rotatable bonds is 14. The first-order chi connectivity index (χ1) is 15.1. The average molecular weight is 427 g/mol. The SMILES string of the molecule is C=N/N=C\N(CC(=C\C)/C(/C=N\CCC)=C/C)Cc1c(F)ccc(CCC)c1CCC. The van der Waals surface area contributed by atoms with Gasteiger partial charge >= 0.3 is 0 Å². The number of benzene rings is 1. The maximum Gasteiger partial charge on any atom is 0.128 e. The zero-order chi connectivity index (χ0) is 23.1. The predicted octanol–water partition coefficient (Wildman–Crippen LogP) is 6.55. The lowest BCUT2D eigenvalue weighted by molar-refractivity contribution is 0.443. The molecule has 0 saturated heterocycles. The Balaban J connectivity index is 3.28. The normalized spacial score (nSPS) is 12.8. The van der Waals surface area contributed by atoms with E-state index in [1.807, 2.05) is 31.0 Å². The number of halogens is 1. The molecule has 0 spiro atoms. The molecule has 0 unspecified atom stereocenters. The van der Waals surface area contributed by atoms with E-state index in [2.05, 4.69) is 54.8 Å². The number of aliphatic imine (C=N–C) groups is 1. The Bertz CT molecular complexity index is 806. The van der Waals surface area contributed by atoms with E-state index in [9.17, 15) is 4.39 Å². The molecule has 1 rings (SSSR count). The molecular formula is C26H39FN4. The van der Waals surface area contributed by atoms with Crippen molar-refractivity contribution in [3.05, 3.63) is 57.9 Å². The number of aryl methyl sites for hydroxylation is 1. The van der Waals surface area contributed by atoms with Crippen LogP contribution in [0.4, 0.5) is 4.39 Å². The first kappa shape index (κ1) is 26.5. The fraction of sp³-hybridized carbons (Fsp3) is 0.500. The van der Waals surface area contributed by atoms with Crippen LogP contribution in [0.5, 0.6) is 0 Å². The summed E-state index contributed by atoms with van der Waals surface area (Å²) in [5, 5.41) is 7.62. The molecule has 170 valence electrons. The summed E-state index contributed by atoms with van der Waals surface area (Å²) in [5.41, 5.74) is 5.30. The molecule has 1 aromatic rings. The van der Waals surface area contributed by atoms with E-state index in [-0.39, 0.29) is 5.82 Å². The molecule has 0 N–H and O–H groups in total. The van der Waals surface area contributed by atoms with E-state index in [1.54, 1.807) is 12.4 Å². The zero-order valence-electron chi connectivity index (χ0n) is 20.0. The summed E-state index contributed by atoms with van der Waals surface area (Å²) in [5.74, 6) is -0.161. The Morgan fingerprint density at radius 1 is 1.03 bits per heavy atom. The van der Waals surface area contributed by atoms with E-state index < -0.39 is 0 Å². The van der Waals surface area contributed by atoms with E-state index in [1.165, 1.54) is 5.56 Å². The minimum absolute atomic E-state index is 0.161. The van der Waals surface area contributed by atoms with Gasteiger partial charge in [0.25, 0.3) is 0 Å². The van der Waals surface area contributed by atoms with Crippen LogP contribution in [0, 0.1) is 5.82 Å². The average Bonchev–Trinajstić information content (AvgIpc) is 2.77. The monoisotopic (exact) mass is 426 g/mol. The highest BCUT2D eigenvalue weighted by Gasteiger charge is 2.16. The van der Waals surface area contributed by atoms with E-state index in [0.29, 0.717) is 13.1 Å². The van der Waals surface area contributed by atoms with Gasteiger partial charge in [-0.2, -0.15) is 5.10 Å². The van der Waals surface area contributed by atoms with Crippen molar-refractivity contribution >= 4 is 19.3 Å². The lowest BCUT2D eigenvalue weighted by Crippen LogP contribution is -2.26. The van der Waals surface area contributed by atoms with Crippen LogP contribution in [-0.4, -0.2) is 37.3 Å². The molecule has 31 heavy (non-hydrogen) atoms. The van der Waals surface area contributed by atoms with Crippen LogP contribution in [0.15, 0.2) is 50.6 Å². The van der Waals surface area contributed by atoms with Crippen LogP contribution in [0.2, 0.25) is 0 Å². The third-order valence-corrected chi connectivity index (χ3v) is 5.13. The van der Waals surface area contributed by atoms with Crippen LogP contribution >= 0.6 is 0 Å². The molecular weight excluding hydrogens is 387 g/mol. The second kappa shape index (κ2) is 15.3. The minimum atomic E-state index is -0.161. The van der Waals surface area contributed by atoms with Crippen molar-refractivity contribution in [2.24, 2.45) is 15.2 Å². The summed E-state index contributed by atoms with van der Waals surface area (Å²) in [4.78, 5) is 6.49. The topological polar surface area (TPSA) is 40.3 Å². The predicted molar refractivity (Wildman–Crippen MR) is 134 cm³/mol. The third kappa shape index (κ3) is 8.60. The van der Waals surface area contributed by atoms with Gasteiger partial charge in [0.15, 0.2) is 0 Å². The Morgan fingerprint density at radius 3 is 2.35 bits per heavy atom. The van der Waals surface area contributed by atoms with Crippen molar-refractivity contribution in [2.75, 3.05) is 13.1 Å². The third-order valence-electron chi connectivity index (χ3n) is 5.13. The van der Waals surface area contributed by atoms with Crippen molar-refractivity contribution in [1.82, 2.24) is 4.90 Å². The van der Waals surface area contributed by atoms with Gasteiger partial charge in [0, 0.05) is 38.1 Å². The molecule has 0 radical (unpaired) electrons. The summed E-state index contributed by atoms with van der Waals surface area (Å²) in [6.07, 6.45) is 12.6. The van der Waals surface area contributed by atoms with Crippen LogP contribution in [0.3, 0.4) is 0 Å². The molecule has 0 aliphatic heterocycles. The largest absolute Gasteiger partial charge is 0.352 e. The smallest absolute Gasteiger partial charge is 0.128 e. The van der Waals surface area contributed by atoms with Gasteiger partial charge in [0.1, 0.15) is 12.2 Å². The number of allylic oxidation sites excluding steroid dienone is 2. The van der Waals surface area contributed by atoms with Crippen LogP contribution < -0.4 is 0 Å². The van der Waals surface area contributed by atoms with Crippen molar-refractivity contribution < 1.29 is 4.39 Å². The standard InChI is InChI=1S/C26H39FN4/c1-7-12-23-14-15-26(27)25(24(23)13-8-2)19-31(20-30-28-6)18-22(11-5)21(10-4)17-29-16-9-3/h10-11,14-15,17,20H,6-9,12-13,16,18-19H2,1-5H3/b21-10+,22-11+,29-17-,30-20-. The zero-order valence-corrected chi connectivity index (χ0v) is 20.0. The molecule has 5 heteroatoms. The molecule has 0 atom stereocenters. The summed E-state index contributed by atoms with van der Waals surface area (Å²) in [6.45, 7) is 15.7. The van der Waals surface area contributed by atoms with E-state index >= 15 is 0 Å². The first-order valence-electron chi connectivity index (χ1n) is 11.4. The second-order valence-corrected chi connectivity index (χ2v) is 7.53. The van der Waals surface area contributed by atoms with Gasteiger partial charge in [0.05, 0.1) is 0 Å². The van der Waals surface area contributed by atoms with Crippen molar-refractivity contribution in [3.8, 4) is 0 Å². The second-order valence-electron chi connectivity index (χ2n) is 7.53. The quantitative estimate of drug-likeness (QED) is 0.144. The summed E-state index contributed by atoms with van der Waals surface area (Å²) in [6, 6.07) is 3.54. The van der Waals surface area contributed by atoms with Crippen LogP contribution in [0.25, 0.3) is 0 Å². The number of hydrogen-bond acceptors (Lipinski definition) is 3. The highest BCUT2D eigenvalue weighted by Crippen LogP contribution is 2.24. The molecule has 0 aliphatic rings. The van der Waals surface area contributed by atoms with E-state index in [0.717, 1.165) is 60.9 Å². The minimum Gasteiger partial charge on any atom is -0.352 e. The fourth-order valence-corrected chi connectivity index (χ4v) is 3.60. The number of hydrogen-bond donors (Lipinski definition) is 0. The van der Waals surface area contributed by atoms with Crippen molar-refractivity contribution in [1.29, 1.82) is 0 Å². The Labute approximate surface area is 188 Å². The van der Waals surface area contributed by atoms with Gasteiger partial charge in [-0.1, -0.05) is 51.8 Å². The highest BCUT2D eigenvalue weighted by atomic mass is 19.1.